The van der Waals surface area contributed by atoms with E-state index in [0.717, 1.165) is 5.69 Å². The molecule has 2 heterocycles. The van der Waals surface area contributed by atoms with E-state index in [2.05, 4.69) is 31.4 Å². The van der Waals surface area contributed by atoms with Gasteiger partial charge in [-0.05, 0) is 22.0 Å². The molecule has 8 heteroatoms. The molecule has 0 unspecified atom stereocenters. The van der Waals surface area contributed by atoms with E-state index in [4.69, 9.17) is 5.11 Å². The first kappa shape index (κ1) is 13.8. The van der Waals surface area contributed by atoms with Crippen LogP contribution < -0.4 is 10.9 Å². The van der Waals surface area contributed by atoms with Crippen LogP contribution in [0.1, 0.15) is 5.69 Å². The van der Waals surface area contributed by atoms with Gasteiger partial charge in [0, 0.05) is 13.2 Å². The Labute approximate surface area is 118 Å². The van der Waals surface area contributed by atoms with Crippen LogP contribution in [0.5, 0.6) is 0 Å². The maximum Gasteiger partial charge on any atom is 0.283 e. The summed E-state index contributed by atoms with van der Waals surface area (Å²) in [6.07, 6.45) is 3.40. The number of anilines is 1. The second-order valence-corrected chi connectivity index (χ2v) is 4.75. The molecule has 0 fully saturated rings. The molecule has 7 nitrogen and oxygen atoms in total. The predicted octanol–water partition coefficient (Wildman–Crippen LogP) is 0.344. The highest BCUT2D eigenvalue weighted by Gasteiger charge is 2.08. The van der Waals surface area contributed by atoms with Gasteiger partial charge in [0.15, 0.2) is 0 Å². The van der Waals surface area contributed by atoms with Gasteiger partial charge in [0.1, 0.15) is 4.47 Å². The molecule has 0 aliphatic rings. The normalized spacial score (nSPS) is 10.7. The minimum absolute atomic E-state index is 0.125. The summed E-state index contributed by atoms with van der Waals surface area (Å²) in [5.41, 5.74) is 1.19. The summed E-state index contributed by atoms with van der Waals surface area (Å²) in [5, 5.41) is 20.1. The summed E-state index contributed by atoms with van der Waals surface area (Å²) < 4.78 is 3.31. The number of hydrogen-bond acceptors (Lipinski definition) is 5. The van der Waals surface area contributed by atoms with Crippen LogP contribution in [-0.2, 0) is 20.1 Å². The standard InChI is InChI=1S/C11H14BrN5O2/c1-16-3-2-8(15-16)6-13-9-7-14-17(4-5-18)11(19)10(9)12/h2-3,7,13,18H,4-6H2,1H3. The Kier molecular flexibility index (Phi) is 4.33. The molecule has 19 heavy (non-hydrogen) atoms. The fourth-order valence-corrected chi connectivity index (χ4v) is 2.03. The Bertz CT molecular complexity index is 622. The molecular formula is C11H14BrN5O2. The number of aryl methyl sites for hydroxylation is 1. The van der Waals surface area contributed by atoms with E-state index in [-0.39, 0.29) is 18.7 Å². The number of aliphatic hydroxyl groups excluding tert-OH is 1. The van der Waals surface area contributed by atoms with Crippen molar-refractivity contribution in [2.24, 2.45) is 7.05 Å². The molecule has 0 saturated carbocycles. The average molecular weight is 328 g/mol. The van der Waals surface area contributed by atoms with E-state index in [0.29, 0.717) is 16.7 Å². The van der Waals surface area contributed by atoms with Gasteiger partial charge in [-0.2, -0.15) is 10.2 Å². The third-order valence-corrected chi connectivity index (χ3v) is 3.29. The van der Waals surface area contributed by atoms with E-state index < -0.39 is 0 Å². The quantitative estimate of drug-likeness (QED) is 0.827. The van der Waals surface area contributed by atoms with Gasteiger partial charge < -0.3 is 10.4 Å². The maximum atomic E-state index is 11.9. The Balaban J connectivity index is 2.13. The van der Waals surface area contributed by atoms with Crippen molar-refractivity contribution in [1.29, 1.82) is 0 Å². The van der Waals surface area contributed by atoms with E-state index in [1.54, 1.807) is 10.9 Å². The number of aliphatic hydroxyl groups is 1. The molecule has 0 saturated heterocycles. The smallest absolute Gasteiger partial charge is 0.283 e. The maximum absolute atomic E-state index is 11.9. The highest BCUT2D eigenvalue weighted by atomic mass is 79.9. The monoisotopic (exact) mass is 327 g/mol. The van der Waals surface area contributed by atoms with Crippen molar-refractivity contribution in [3.63, 3.8) is 0 Å². The van der Waals surface area contributed by atoms with Crippen LogP contribution in [-0.4, -0.2) is 31.3 Å². The number of halogens is 1. The molecular weight excluding hydrogens is 314 g/mol. The first-order chi connectivity index (χ1) is 9.11. The Morgan fingerprint density at radius 1 is 1.53 bits per heavy atom. The first-order valence-electron chi connectivity index (χ1n) is 5.70. The summed E-state index contributed by atoms with van der Waals surface area (Å²) >= 11 is 3.24. The fraction of sp³-hybridized carbons (Fsp3) is 0.364. The third kappa shape index (κ3) is 3.21. The van der Waals surface area contributed by atoms with Crippen molar-refractivity contribution in [2.75, 3.05) is 11.9 Å². The molecule has 0 aromatic carbocycles. The van der Waals surface area contributed by atoms with Crippen LogP contribution in [0.4, 0.5) is 5.69 Å². The van der Waals surface area contributed by atoms with Gasteiger partial charge in [0.25, 0.3) is 5.56 Å². The second kappa shape index (κ2) is 5.98. The second-order valence-electron chi connectivity index (χ2n) is 3.96. The van der Waals surface area contributed by atoms with Crippen LogP contribution in [0, 0.1) is 0 Å². The van der Waals surface area contributed by atoms with Gasteiger partial charge in [-0.3, -0.25) is 9.48 Å². The molecule has 0 bridgehead atoms. The lowest BCUT2D eigenvalue weighted by Gasteiger charge is -2.08. The van der Waals surface area contributed by atoms with Gasteiger partial charge in [0.05, 0.1) is 37.3 Å². The van der Waals surface area contributed by atoms with Crippen LogP contribution in [0.25, 0.3) is 0 Å². The van der Waals surface area contributed by atoms with Crippen LogP contribution in [0.2, 0.25) is 0 Å². The van der Waals surface area contributed by atoms with Crippen molar-refractivity contribution in [3.8, 4) is 0 Å². The zero-order chi connectivity index (χ0) is 13.8. The van der Waals surface area contributed by atoms with E-state index >= 15 is 0 Å². The van der Waals surface area contributed by atoms with Gasteiger partial charge in [-0.15, -0.1) is 0 Å². The van der Waals surface area contributed by atoms with Crippen molar-refractivity contribution in [3.05, 3.63) is 39.0 Å². The topological polar surface area (TPSA) is 85.0 Å². The lowest BCUT2D eigenvalue weighted by Crippen LogP contribution is -2.25. The highest BCUT2D eigenvalue weighted by molar-refractivity contribution is 9.10. The molecule has 102 valence electrons. The Morgan fingerprint density at radius 2 is 2.32 bits per heavy atom. The molecule has 0 aliphatic heterocycles. The van der Waals surface area contributed by atoms with Crippen molar-refractivity contribution in [2.45, 2.75) is 13.1 Å². The van der Waals surface area contributed by atoms with E-state index in [9.17, 15) is 4.79 Å². The van der Waals surface area contributed by atoms with E-state index in [1.807, 2.05) is 19.3 Å². The number of hydrogen-bond donors (Lipinski definition) is 2. The number of aromatic nitrogens is 4. The molecule has 0 aliphatic carbocycles. The van der Waals surface area contributed by atoms with Gasteiger partial charge >= 0.3 is 0 Å². The van der Waals surface area contributed by atoms with Gasteiger partial charge in [0.2, 0.25) is 0 Å². The van der Waals surface area contributed by atoms with E-state index in [1.165, 1.54) is 4.68 Å². The largest absolute Gasteiger partial charge is 0.394 e. The number of nitrogens with zero attached hydrogens (tertiary/aromatic N) is 4. The van der Waals surface area contributed by atoms with Gasteiger partial charge in [-0.25, -0.2) is 4.68 Å². The third-order valence-electron chi connectivity index (χ3n) is 2.53. The molecule has 0 amide bonds. The summed E-state index contributed by atoms with van der Waals surface area (Å²) in [6, 6.07) is 1.89. The summed E-state index contributed by atoms with van der Waals surface area (Å²) in [4.78, 5) is 11.9. The number of rotatable bonds is 5. The van der Waals surface area contributed by atoms with Crippen LogP contribution >= 0.6 is 15.9 Å². The zero-order valence-corrected chi connectivity index (χ0v) is 12.0. The molecule has 2 aromatic heterocycles. The summed E-state index contributed by atoms with van der Waals surface area (Å²) in [5.74, 6) is 0. The Hall–Kier alpha value is -1.67. The summed E-state index contributed by atoms with van der Waals surface area (Å²) in [6.45, 7) is 0.558. The molecule has 0 spiro atoms. The Morgan fingerprint density at radius 3 is 2.95 bits per heavy atom. The van der Waals surface area contributed by atoms with Gasteiger partial charge in [-0.1, -0.05) is 0 Å². The first-order valence-corrected chi connectivity index (χ1v) is 6.50. The van der Waals surface area contributed by atoms with Crippen molar-refractivity contribution >= 4 is 21.6 Å². The minimum atomic E-state index is -0.278. The van der Waals surface area contributed by atoms with Crippen LogP contribution in [0.15, 0.2) is 27.7 Å². The molecule has 2 rings (SSSR count). The minimum Gasteiger partial charge on any atom is -0.394 e. The predicted molar refractivity (Wildman–Crippen MR) is 73.8 cm³/mol. The zero-order valence-electron chi connectivity index (χ0n) is 10.4. The lowest BCUT2D eigenvalue weighted by atomic mass is 10.4. The molecule has 0 atom stereocenters. The summed E-state index contributed by atoms with van der Waals surface area (Å²) in [7, 11) is 1.84. The van der Waals surface area contributed by atoms with Crippen molar-refractivity contribution < 1.29 is 5.11 Å². The van der Waals surface area contributed by atoms with Crippen molar-refractivity contribution in [1.82, 2.24) is 19.6 Å². The SMILES string of the molecule is Cn1ccc(CNc2cnn(CCO)c(=O)c2Br)n1. The molecule has 2 N–H and O–H groups in total. The average Bonchev–Trinajstić information content (AvgIpc) is 2.80. The highest BCUT2D eigenvalue weighted by Crippen LogP contribution is 2.16. The lowest BCUT2D eigenvalue weighted by molar-refractivity contribution is 0.266. The van der Waals surface area contributed by atoms with Crippen LogP contribution in [0.3, 0.4) is 0 Å². The molecule has 0 radical (unpaired) electrons. The fourth-order valence-electron chi connectivity index (χ4n) is 1.59. The number of nitrogens with one attached hydrogen (secondary N) is 1. The molecule has 2 aromatic rings.